The molecule has 0 unspecified atom stereocenters. The van der Waals surface area contributed by atoms with Crippen molar-refractivity contribution < 1.29 is 0 Å². The second kappa shape index (κ2) is 12.2. The first kappa shape index (κ1) is 24.5. The lowest BCUT2D eigenvalue weighted by atomic mass is 10.1. The molecular formula is C26H35ClN4. The summed E-state index contributed by atoms with van der Waals surface area (Å²) in [5.74, 6) is 0.728. The molecule has 0 saturated carbocycles. The predicted molar refractivity (Wildman–Crippen MR) is 134 cm³/mol. The topological polar surface area (TPSA) is 30.9 Å². The molecule has 2 aromatic rings. The predicted octanol–water partition coefficient (Wildman–Crippen LogP) is 5.64. The number of aliphatic imine (C=N–C) groups is 1. The van der Waals surface area contributed by atoms with Crippen LogP contribution < -0.4 is 5.32 Å². The van der Waals surface area contributed by atoms with Gasteiger partial charge in [-0.2, -0.15) is 0 Å². The van der Waals surface area contributed by atoms with E-state index >= 15 is 0 Å². The zero-order valence-corrected chi connectivity index (χ0v) is 20.0. The van der Waals surface area contributed by atoms with Gasteiger partial charge in [0.15, 0.2) is 5.82 Å². The maximum absolute atomic E-state index is 6.11. The molecule has 2 aromatic carbocycles. The highest BCUT2D eigenvalue weighted by Crippen LogP contribution is 2.24. The molecule has 0 saturated heterocycles. The molecule has 5 heteroatoms. The summed E-state index contributed by atoms with van der Waals surface area (Å²) in [7, 11) is 3.95. The molecular weight excluding hydrogens is 404 g/mol. The van der Waals surface area contributed by atoms with Crippen LogP contribution in [0.25, 0.3) is 0 Å². The molecule has 1 N–H and O–H groups in total. The van der Waals surface area contributed by atoms with E-state index < -0.39 is 0 Å². The van der Waals surface area contributed by atoms with Crippen molar-refractivity contribution in [1.29, 1.82) is 0 Å². The molecule has 0 aliphatic rings. The van der Waals surface area contributed by atoms with Crippen molar-refractivity contribution >= 4 is 18.3 Å². The Morgan fingerprint density at radius 3 is 2.39 bits per heavy atom. The number of nitrogens with zero attached hydrogens (tertiary/aromatic N) is 3. The molecule has 0 amide bonds. The molecule has 0 aliphatic heterocycles. The summed E-state index contributed by atoms with van der Waals surface area (Å²) >= 11 is 6.11. The van der Waals surface area contributed by atoms with Gasteiger partial charge < -0.3 is 15.1 Å². The van der Waals surface area contributed by atoms with Gasteiger partial charge in [0.1, 0.15) is 5.70 Å². The molecule has 0 spiro atoms. The third kappa shape index (κ3) is 7.18. The second-order valence-corrected chi connectivity index (χ2v) is 8.20. The van der Waals surface area contributed by atoms with Crippen molar-refractivity contribution in [3.05, 3.63) is 94.0 Å². The standard InChI is InChI=1S/C26H35ClN4/c1-7-16-30(6)21(3)25(26(28-4)29-5)31(19-23-11-13-24(27)14-12-23)17-15-22-10-8-9-20(2)18-22/h8-14,18,29H,3-4,7,15-17,19H2,1-2,5-6H3/b26-25+. The third-order valence-electron chi connectivity index (χ3n) is 5.27. The Hall–Kier alpha value is -2.72. The number of halogens is 1. The van der Waals surface area contributed by atoms with E-state index in [2.05, 4.69) is 90.7 Å². The molecule has 31 heavy (non-hydrogen) atoms. The van der Waals surface area contributed by atoms with Crippen molar-refractivity contribution in [2.75, 3.05) is 27.2 Å². The van der Waals surface area contributed by atoms with Crippen LogP contribution in [0.15, 0.2) is 77.3 Å². The molecule has 0 bridgehead atoms. The first-order chi connectivity index (χ1) is 14.9. The van der Waals surface area contributed by atoms with Gasteiger partial charge in [0.25, 0.3) is 0 Å². The van der Waals surface area contributed by atoms with Gasteiger partial charge in [-0.05, 0) is 49.7 Å². The summed E-state index contributed by atoms with van der Waals surface area (Å²) in [6.45, 7) is 15.0. The van der Waals surface area contributed by atoms with Gasteiger partial charge in [-0.3, -0.25) is 0 Å². The summed E-state index contributed by atoms with van der Waals surface area (Å²) in [4.78, 5) is 8.80. The lowest BCUT2D eigenvalue weighted by Crippen LogP contribution is -2.33. The Kier molecular flexibility index (Phi) is 9.67. The van der Waals surface area contributed by atoms with Crippen molar-refractivity contribution in [1.82, 2.24) is 15.1 Å². The Bertz CT molecular complexity index is 902. The van der Waals surface area contributed by atoms with Crippen LogP contribution in [0.3, 0.4) is 0 Å². The molecule has 0 aliphatic carbocycles. The lowest BCUT2D eigenvalue weighted by molar-refractivity contribution is 0.309. The minimum atomic E-state index is 0.720. The van der Waals surface area contributed by atoms with E-state index in [0.29, 0.717) is 0 Å². The third-order valence-corrected chi connectivity index (χ3v) is 5.52. The number of likely N-dealkylation sites (N-methyl/N-ethyl adjacent to an activating group) is 1. The SMILES string of the molecule is C=N/C(NC)=C(/C(=C)N(C)CCC)N(CCc1cccc(C)c1)Cc1ccc(Cl)cc1. The highest BCUT2D eigenvalue weighted by atomic mass is 35.5. The van der Waals surface area contributed by atoms with E-state index in [4.69, 9.17) is 11.6 Å². The average molecular weight is 439 g/mol. The summed E-state index contributed by atoms with van der Waals surface area (Å²) < 4.78 is 0. The van der Waals surface area contributed by atoms with E-state index in [1.807, 2.05) is 19.2 Å². The molecule has 0 radical (unpaired) electrons. The van der Waals surface area contributed by atoms with Gasteiger partial charge in [-0.1, -0.05) is 67.1 Å². The van der Waals surface area contributed by atoms with E-state index in [9.17, 15) is 0 Å². The first-order valence-corrected chi connectivity index (χ1v) is 11.1. The van der Waals surface area contributed by atoms with Gasteiger partial charge in [-0.15, -0.1) is 0 Å². The van der Waals surface area contributed by atoms with Crippen molar-refractivity contribution in [3.8, 4) is 0 Å². The Morgan fingerprint density at radius 1 is 1.10 bits per heavy atom. The normalized spacial score (nSPS) is 11.5. The molecule has 0 heterocycles. The summed E-state index contributed by atoms with van der Waals surface area (Å²) in [5.41, 5.74) is 5.66. The van der Waals surface area contributed by atoms with Crippen molar-refractivity contribution in [2.45, 2.75) is 33.2 Å². The van der Waals surface area contributed by atoms with Gasteiger partial charge >= 0.3 is 0 Å². The fourth-order valence-corrected chi connectivity index (χ4v) is 3.73. The number of hydrogen-bond acceptors (Lipinski definition) is 4. The van der Waals surface area contributed by atoms with Crippen molar-refractivity contribution in [2.24, 2.45) is 4.99 Å². The van der Waals surface area contributed by atoms with Gasteiger partial charge in [0, 0.05) is 38.8 Å². The van der Waals surface area contributed by atoms with Gasteiger partial charge in [-0.25, -0.2) is 4.99 Å². The molecule has 0 fully saturated rings. The largest absolute Gasteiger partial charge is 0.373 e. The molecule has 0 atom stereocenters. The Morgan fingerprint density at radius 2 is 1.81 bits per heavy atom. The number of rotatable bonds is 12. The van der Waals surface area contributed by atoms with Gasteiger partial charge in [0.05, 0.1) is 5.70 Å². The average Bonchev–Trinajstić information content (AvgIpc) is 2.76. The van der Waals surface area contributed by atoms with Gasteiger partial charge in [0.2, 0.25) is 0 Å². The summed E-state index contributed by atoms with van der Waals surface area (Å²) in [6, 6.07) is 16.7. The first-order valence-electron chi connectivity index (χ1n) is 10.7. The summed E-state index contributed by atoms with van der Waals surface area (Å²) in [6.07, 6.45) is 1.96. The number of hydrogen-bond donors (Lipinski definition) is 1. The van der Waals surface area contributed by atoms with Crippen LogP contribution in [0.5, 0.6) is 0 Å². The van der Waals surface area contributed by atoms with Crippen molar-refractivity contribution in [3.63, 3.8) is 0 Å². The second-order valence-electron chi connectivity index (χ2n) is 7.76. The van der Waals surface area contributed by atoms with E-state index in [1.165, 1.54) is 16.7 Å². The van der Waals surface area contributed by atoms with Crippen LogP contribution >= 0.6 is 11.6 Å². The molecule has 4 nitrogen and oxygen atoms in total. The molecule has 0 aromatic heterocycles. The van der Waals surface area contributed by atoms with Crippen LogP contribution in [0.2, 0.25) is 5.02 Å². The zero-order valence-electron chi connectivity index (χ0n) is 19.3. The molecule has 2 rings (SSSR count). The van der Waals surface area contributed by atoms with Crippen LogP contribution in [-0.2, 0) is 13.0 Å². The quantitative estimate of drug-likeness (QED) is 0.343. The van der Waals surface area contributed by atoms with Crippen LogP contribution in [0.4, 0.5) is 0 Å². The molecule has 166 valence electrons. The Balaban J connectivity index is 2.43. The maximum atomic E-state index is 6.11. The zero-order chi connectivity index (χ0) is 22.8. The fraction of sp³-hybridized carbons (Fsp3) is 0.346. The van der Waals surface area contributed by atoms with E-state index in [-0.39, 0.29) is 0 Å². The lowest BCUT2D eigenvalue weighted by Gasteiger charge is -2.34. The highest BCUT2D eigenvalue weighted by molar-refractivity contribution is 6.30. The fourth-order valence-electron chi connectivity index (χ4n) is 3.60. The highest BCUT2D eigenvalue weighted by Gasteiger charge is 2.20. The summed E-state index contributed by atoms with van der Waals surface area (Å²) in [5, 5.41) is 3.95. The number of benzene rings is 2. The Labute approximate surface area is 192 Å². The minimum absolute atomic E-state index is 0.720. The van der Waals surface area contributed by atoms with Crippen LogP contribution in [0, 0.1) is 6.92 Å². The van der Waals surface area contributed by atoms with E-state index in [0.717, 1.165) is 54.7 Å². The smallest absolute Gasteiger partial charge is 0.150 e. The van der Waals surface area contributed by atoms with Crippen LogP contribution in [-0.4, -0.2) is 43.7 Å². The monoisotopic (exact) mass is 438 g/mol. The minimum Gasteiger partial charge on any atom is -0.373 e. The van der Waals surface area contributed by atoms with E-state index in [1.54, 1.807) is 0 Å². The van der Waals surface area contributed by atoms with Crippen LogP contribution in [0.1, 0.15) is 30.0 Å². The number of aryl methyl sites for hydroxylation is 1. The number of nitrogens with one attached hydrogen (secondary N) is 1. The maximum Gasteiger partial charge on any atom is 0.150 e.